The van der Waals surface area contributed by atoms with Gasteiger partial charge in [0, 0.05) is 5.56 Å². The van der Waals surface area contributed by atoms with Crippen molar-refractivity contribution in [2.75, 3.05) is 0 Å². The first-order valence-electron chi connectivity index (χ1n) is 4.52. The molecule has 14 heavy (non-hydrogen) atoms. The van der Waals surface area contributed by atoms with Gasteiger partial charge in [0.05, 0.1) is 3.57 Å². The number of phenols is 1. The van der Waals surface area contributed by atoms with Crippen LogP contribution in [0.15, 0.2) is 12.1 Å². The minimum atomic E-state index is 0.0241. The van der Waals surface area contributed by atoms with Crippen molar-refractivity contribution in [2.24, 2.45) is 0 Å². The second kappa shape index (κ2) is 6.01. The van der Waals surface area contributed by atoms with E-state index in [2.05, 4.69) is 0 Å². The summed E-state index contributed by atoms with van der Waals surface area (Å²) in [4.78, 5) is 11.0. The molecule has 1 N–H and O–H groups in total. The summed E-state index contributed by atoms with van der Waals surface area (Å²) in [5.74, 6) is 0.289. The standard InChI is InChI=1S/C9H9IO2.C2H6/c1-5-3-7(6(2)11)4-8(10)9(5)12;1-2/h3-4,12H,1-2H3;1-2H3. The molecular formula is C11H15IO2. The number of carbonyl (C=O) groups is 1. The van der Waals surface area contributed by atoms with Gasteiger partial charge in [0.15, 0.2) is 5.78 Å². The minimum Gasteiger partial charge on any atom is -0.507 e. The highest BCUT2D eigenvalue weighted by Crippen LogP contribution is 2.25. The number of benzene rings is 1. The predicted octanol–water partition coefficient (Wildman–Crippen LogP) is 3.53. The van der Waals surface area contributed by atoms with Crippen molar-refractivity contribution in [2.45, 2.75) is 27.7 Å². The van der Waals surface area contributed by atoms with E-state index in [4.69, 9.17) is 0 Å². The molecule has 1 rings (SSSR count). The Bertz CT molecular complexity index is 309. The number of aromatic hydroxyl groups is 1. The number of hydrogen-bond donors (Lipinski definition) is 1. The molecule has 0 bridgehead atoms. The highest BCUT2D eigenvalue weighted by molar-refractivity contribution is 14.1. The summed E-state index contributed by atoms with van der Waals surface area (Å²) in [5, 5.41) is 9.39. The molecule has 0 heterocycles. The molecule has 0 spiro atoms. The van der Waals surface area contributed by atoms with Crippen LogP contribution in [0.2, 0.25) is 0 Å². The number of halogens is 1. The highest BCUT2D eigenvalue weighted by Gasteiger charge is 2.06. The van der Waals surface area contributed by atoms with E-state index in [1.54, 1.807) is 19.1 Å². The number of rotatable bonds is 1. The Hall–Kier alpha value is -0.580. The summed E-state index contributed by atoms with van der Waals surface area (Å²) >= 11 is 2.01. The van der Waals surface area contributed by atoms with Crippen LogP contribution in [0.25, 0.3) is 0 Å². The molecule has 0 atom stereocenters. The van der Waals surface area contributed by atoms with Crippen LogP contribution in [0.3, 0.4) is 0 Å². The SMILES string of the molecule is CC.CC(=O)c1cc(C)c(O)c(I)c1. The van der Waals surface area contributed by atoms with Crippen molar-refractivity contribution < 1.29 is 9.90 Å². The first-order valence-corrected chi connectivity index (χ1v) is 5.60. The van der Waals surface area contributed by atoms with Gasteiger partial charge in [0.25, 0.3) is 0 Å². The van der Waals surface area contributed by atoms with Gasteiger partial charge >= 0.3 is 0 Å². The predicted molar refractivity (Wildman–Crippen MR) is 66.9 cm³/mol. The lowest BCUT2D eigenvalue weighted by Crippen LogP contribution is -1.94. The average molecular weight is 306 g/mol. The first kappa shape index (κ1) is 13.4. The van der Waals surface area contributed by atoms with Crippen LogP contribution < -0.4 is 0 Å². The van der Waals surface area contributed by atoms with Crippen LogP contribution >= 0.6 is 22.6 Å². The van der Waals surface area contributed by atoms with Crippen LogP contribution in [-0.2, 0) is 0 Å². The molecular weight excluding hydrogens is 291 g/mol. The van der Waals surface area contributed by atoms with E-state index in [-0.39, 0.29) is 11.5 Å². The Balaban J connectivity index is 0.000000791. The third-order valence-electron chi connectivity index (χ3n) is 1.66. The zero-order valence-corrected chi connectivity index (χ0v) is 11.0. The smallest absolute Gasteiger partial charge is 0.159 e. The van der Waals surface area contributed by atoms with Gasteiger partial charge in [-0.1, -0.05) is 13.8 Å². The van der Waals surface area contributed by atoms with Crippen molar-refractivity contribution >= 4 is 28.4 Å². The van der Waals surface area contributed by atoms with E-state index in [1.807, 2.05) is 36.4 Å². The molecule has 0 saturated heterocycles. The molecule has 0 radical (unpaired) electrons. The molecule has 0 fully saturated rings. The van der Waals surface area contributed by atoms with Crippen molar-refractivity contribution in [3.05, 3.63) is 26.8 Å². The molecule has 3 heteroatoms. The molecule has 0 aliphatic rings. The minimum absolute atomic E-state index is 0.0241. The molecule has 78 valence electrons. The van der Waals surface area contributed by atoms with Crippen molar-refractivity contribution in [1.29, 1.82) is 0 Å². The lowest BCUT2D eigenvalue weighted by Gasteiger charge is -2.03. The Kier molecular flexibility index (Phi) is 5.76. The van der Waals surface area contributed by atoms with Crippen LogP contribution in [-0.4, -0.2) is 10.9 Å². The third-order valence-corrected chi connectivity index (χ3v) is 2.48. The van der Waals surface area contributed by atoms with Gasteiger partial charge in [-0.3, -0.25) is 4.79 Å². The lowest BCUT2D eigenvalue weighted by atomic mass is 10.1. The van der Waals surface area contributed by atoms with Gasteiger partial charge in [0.1, 0.15) is 5.75 Å². The fraction of sp³-hybridized carbons (Fsp3) is 0.364. The molecule has 0 aliphatic heterocycles. The molecule has 1 aromatic rings. The zero-order chi connectivity index (χ0) is 11.3. The number of Topliss-reactive ketones (excluding diaryl/α,β-unsaturated/α-hetero) is 1. The Labute approximate surface area is 98.5 Å². The number of aryl methyl sites for hydroxylation is 1. The summed E-state index contributed by atoms with van der Waals surface area (Å²) < 4.78 is 0.720. The van der Waals surface area contributed by atoms with E-state index in [0.717, 1.165) is 9.13 Å². The van der Waals surface area contributed by atoms with Gasteiger partial charge in [-0.15, -0.1) is 0 Å². The van der Waals surface area contributed by atoms with E-state index in [9.17, 15) is 9.90 Å². The third kappa shape index (κ3) is 3.29. The number of carbonyl (C=O) groups excluding carboxylic acids is 1. The molecule has 0 saturated carbocycles. The Morgan fingerprint density at radius 1 is 1.36 bits per heavy atom. The number of phenolic OH excluding ortho intramolecular Hbond substituents is 1. The fourth-order valence-corrected chi connectivity index (χ4v) is 1.70. The summed E-state index contributed by atoms with van der Waals surface area (Å²) in [6, 6.07) is 3.38. The number of ketones is 1. The molecule has 0 aromatic heterocycles. The normalized spacial score (nSPS) is 8.93. The van der Waals surface area contributed by atoms with Crippen LogP contribution in [0, 0.1) is 10.5 Å². The Morgan fingerprint density at radius 2 is 1.86 bits per heavy atom. The average Bonchev–Trinajstić information content (AvgIpc) is 2.16. The zero-order valence-electron chi connectivity index (χ0n) is 8.89. The maximum atomic E-state index is 11.0. The summed E-state index contributed by atoms with van der Waals surface area (Å²) in [5.41, 5.74) is 1.39. The summed E-state index contributed by atoms with van der Waals surface area (Å²) in [6.07, 6.45) is 0. The van der Waals surface area contributed by atoms with E-state index in [0.29, 0.717) is 5.56 Å². The van der Waals surface area contributed by atoms with Gasteiger partial charge in [-0.05, 0) is 54.1 Å². The fourth-order valence-electron chi connectivity index (χ4n) is 0.940. The van der Waals surface area contributed by atoms with E-state index < -0.39 is 0 Å². The van der Waals surface area contributed by atoms with E-state index in [1.165, 1.54) is 6.92 Å². The van der Waals surface area contributed by atoms with Crippen molar-refractivity contribution in [1.82, 2.24) is 0 Å². The second-order valence-corrected chi connectivity index (χ2v) is 3.84. The molecule has 0 aliphatic carbocycles. The Morgan fingerprint density at radius 3 is 2.21 bits per heavy atom. The van der Waals surface area contributed by atoms with Crippen LogP contribution in [0.1, 0.15) is 36.7 Å². The highest BCUT2D eigenvalue weighted by atomic mass is 127. The molecule has 0 unspecified atom stereocenters. The summed E-state index contributed by atoms with van der Waals surface area (Å²) in [6.45, 7) is 7.30. The van der Waals surface area contributed by atoms with Gasteiger partial charge in [-0.2, -0.15) is 0 Å². The second-order valence-electron chi connectivity index (χ2n) is 2.68. The lowest BCUT2D eigenvalue weighted by molar-refractivity contribution is 0.101. The van der Waals surface area contributed by atoms with Crippen molar-refractivity contribution in [3.63, 3.8) is 0 Å². The monoisotopic (exact) mass is 306 g/mol. The maximum absolute atomic E-state index is 11.0. The van der Waals surface area contributed by atoms with Gasteiger partial charge in [-0.25, -0.2) is 0 Å². The van der Waals surface area contributed by atoms with Crippen LogP contribution in [0.4, 0.5) is 0 Å². The first-order chi connectivity index (χ1) is 6.52. The number of hydrogen-bond acceptors (Lipinski definition) is 2. The largest absolute Gasteiger partial charge is 0.507 e. The maximum Gasteiger partial charge on any atom is 0.159 e. The van der Waals surface area contributed by atoms with Gasteiger partial charge in [0.2, 0.25) is 0 Å². The quantitative estimate of drug-likeness (QED) is 0.636. The summed E-state index contributed by atoms with van der Waals surface area (Å²) in [7, 11) is 0. The van der Waals surface area contributed by atoms with Gasteiger partial charge < -0.3 is 5.11 Å². The topological polar surface area (TPSA) is 37.3 Å². The molecule has 2 nitrogen and oxygen atoms in total. The van der Waals surface area contributed by atoms with Crippen molar-refractivity contribution in [3.8, 4) is 5.75 Å². The molecule has 1 aromatic carbocycles. The molecule has 0 amide bonds. The van der Waals surface area contributed by atoms with E-state index >= 15 is 0 Å². The van der Waals surface area contributed by atoms with Crippen LogP contribution in [0.5, 0.6) is 5.75 Å².